The largest absolute Gasteiger partial charge is 0.392 e. The first kappa shape index (κ1) is 16.3. The van der Waals surface area contributed by atoms with E-state index in [0.717, 1.165) is 36.8 Å². The van der Waals surface area contributed by atoms with Crippen LogP contribution >= 0.6 is 0 Å². The van der Waals surface area contributed by atoms with Crippen LogP contribution < -0.4 is 0 Å². The summed E-state index contributed by atoms with van der Waals surface area (Å²) in [5, 5.41) is 8.82. The first-order valence-corrected chi connectivity index (χ1v) is 7.90. The first-order chi connectivity index (χ1) is 10.7. The number of aliphatic hydroxyl groups is 1. The number of rotatable bonds is 10. The zero-order valence-electron chi connectivity index (χ0n) is 16.5. The summed E-state index contributed by atoms with van der Waals surface area (Å²) in [4.78, 5) is 0. The molecule has 0 aliphatic heterocycles. The van der Waals surface area contributed by atoms with Crippen molar-refractivity contribution in [1.82, 2.24) is 0 Å². The van der Waals surface area contributed by atoms with Crippen LogP contribution in [-0.4, -0.2) is 11.7 Å². The third-order valence-corrected chi connectivity index (χ3v) is 3.29. The van der Waals surface area contributed by atoms with Crippen LogP contribution in [0.1, 0.15) is 75.8 Å². The van der Waals surface area contributed by atoms with Gasteiger partial charge >= 0.3 is 0 Å². The van der Waals surface area contributed by atoms with Crippen LogP contribution in [-0.2, 0) is 0 Å². The maximum Gasteiger partial charge on any atom is 0.0614 e. The normalized spacial score (nSPS) is 15.6. The molecule has 0 aliphatic rings. The smallest absolute Gasteiger partial charge is 0.0614 e. The first-order valence-electron chi connectivity index (χ1n) is 8.90. The highest BCUT2D eigenvalue weighted by molar-refractivity contribution is 5.07. The van der Waals surface area contributed by atoms with Gasteiger partial charge in [0.2, 0.25) is 0 Å². The fourth-order valence-corrected chi connectivity index (χ4v) is 1.92. The van der Waals surface area contributed by atoms with Crippen LogP contribution in [0.25, 0.3) is 0 Å². The van der Waals surface area contributed by atoms with Gasteiger partial charge in [0.15, 0.2) is 0 Å². The van der Waals surface area contributed by atoms with Crippen LogP contribution in [0.3, 0.4) is 0 Å². The van der Waals surface area contributed by atoms with Crippen LogP contribution in [0.4, 0.5) is 0 Å². The maximum absolute atomic E-state index is 8.82. The van der Waals surface area contributed by atoms with E-state index in [0.29, 0.717) is 6.42 Å². The molecule has 21 heavy (non-hydrogen) atoms. The van der Waals surface area contributed by atoms with E-state index in [4.69, 9.17) is 7.85 Å². The lowest BCUT2D eigenvalue weighted by Gasteiger charge is -2.02. The molecule has 0 fully saturated rings. The molecular weight excluding hydrogens is 256 g/mol. The van der Waals surface area contributed by atoms with Crippen molar-refractivity contribution in [2.24, 2.45) is 0 Å². The summed E-state index contributed by atoms with van der Waals surface area (Å²) in [6.45, 7) is 10.3. The van der Waals surface area contributed by atoms with Crippen LogP contribution in [0.15, 0.2) is 46.6 Å². The van der Waals surface area contributed by atoms with Gasteiger partial charge in [-0.15, -0.1) is 0 Å². The quantitative estimate of drug-likeness (QED) is 0.481. The van der Waals surface area contributed by atoms with Gasteiger partial charge in [-0.2, -0.15) is 0 Å². The molecule has 0 amide bonds. The average Bonchev–Trinajstić information content (AvgIpc) is 2.36. The predicted octanol–water partition coefficient (Wildman–Crippen LogP) is 6.12. The Hall–Kier alpha value is -1.08. The van der Waals surface area contributed by atoms with E-state index in [1.54, 1.807) is 6.08 Å². The van der Waals surface area contributed by atoms with E-state index in [-0.39, 0.29) is 6.61 Å². The van der Waals surface area contributed by atoms with Crippen molar-refractivity contribution < 1.29 is 7.85 Å². The molecule has 0 heterocycles. The van der Waals surface area contributed by atoms with Gasteiger partial charge in [-0.25, -0.2) is 0 Å². The van der Waals surface area contributed by atoms with Gasteiger partial charge in [-0.05, 0) is 73.1 Å². The molecule has 0 radical (unpaired) electrons. The molecule has 0 unspecified atom stereocenters. The van der Waals surface area contributed by atoms with Gasteiger partial charge in [-0.3, -0.25) is 0 Å². The fourth-order valence-electron chi connectivity index (χ4n) is 1.92. The monoisotopic (exact) mass is 292 g/mol. The van der Waals surface area contributed by atoms with Crippen molar-refractivity contribution in [3.8, 4) is 0 Å². The van der Waals surface area contributed by atoms with Crippen LogP contribution in [0.5, 0.6) is 0 Å². The minimum Gasteiger partial charge on any atom is -0.392 e. The molecule has 0 atom stereocenters. The Bertz CT molecular complexity index is 464. The van der Waals surface area contributed by atoms with E-state index in [1.165, 1.54) is 11.1 Å². The molecule has 0 rings (SSSR count). The molecule has 1 heteroatoms. The molecule has 1 nitrogen and oxygen atoms in total. The Labute approximate surface area is 135 Å². The van der Waals surface area contributed by atoms with Gasteiger partial charge in [0.1, 0.15) is 0 Å². The van der Waals surface area contributed by atoms with E-state index in [1.807, 2.05) is 26.8 Å². The summed E-state index contributed by atoms with van der Waals surface area (Å²) in [6.07, 6.45) is 10.8. The zero-order valence-corrected chi connectivity index (χ0v) is 14.5. The summed E-state index contributed by atoms with van der Waals surface area (Å²) in [7, 11) is 0. The number of aliphatic hydroxyl groups excluding tert-OH is 1. The van der Waals surface area contributed by atoms with E-state index in [9.17, 15) is 0 Å². The lowest BCUT2D eigenvalue weighted by molar-refractivity contribution is 0.341. The summed E-state index contributed by atoms with van der Waals surface area (Å²) >= 11 is 0. The molecule has 0 aliphatic carbocycles. The Balaban J connectivity index is 4.47. The number of allylic oxidation sites excluding steroid dienone is 7. The van der Waals surface area contributed by atoms with Crippen molar-refractivity contribution in [3.63, 3.8) is 0 Å². The minimum absolute atomic E-state index is 0.0912. The van der Waals surface area contributed by atoms with Gasteiger partial charge in [0.05, 0.1) is 6.61 Å². The van der Waals surface area contributed by atoms with Crippen molar-refractivity contribution >= 4 is 0 Å². The minimum atomic E-state index is -1.29. The zero-order chi connectivity index (χ0) is 17.9. The maximum atomic E-state index is 8.82. The summed E-state index contributed by atoms with van der Waals surface area (Å²) in [6, 6.07) is 0. The van der Waals surface area contributed by atoms with Crippen molar-refractivity contribution in [1.29, 1.82) is 0 Å². The highest BCUT2D eigenvalue weighted by Crippen LogP contribution is 2.13. The van der Waals surface area contributed by atoms with E-state index < -0.39 is 6.37 Å². The second-order valence-corrected chi connectivity index (χ2v) is 6.01. The van der Waals surface area contributed by atoms with Crippen molar-refractivity contribution in [2.45, 2.75) is 73.1 Å². The predicted molar refractivity (Wildman–Crippen MR) is 95.5 cm³/mol. The van der Waals surface area contributed by atoms with Gasteiger partial charge < -0.3 is 5.11 Å². The second kappa shape index (κ2) is 12.6. The lowest BCUT2D eigenvalue weighted by Crippen LogP contribution is -1.83. The third kappa shape index (κ3) is 13.7. The van der Waals surface area contributed by atoms with Crippen molar-refractivity contribution in [3.05, 3.63) is 46.6 Å². The topological polar surface area (TPSA) is 20.2 Å². The summed E-state index contributed by atoms with van der Waals surface area (Å²) < 4.78 is 16.4. The highest BCUT2D eigenvalue weighted by Gasteiger charge is 1.93. The van der Waals surface area contributed by atoms with Gasteiger partial charge in [0, 0.05) is 2.74 Å². The molecule has 0 spiro atoms. The Morgan fingerprint density at radius 3 is 1.86 bits per heavy atom. The Morgan fingerprint density at radius 1 is 0.762 bits per heavy atom. The lowest BCUT2D eigenvalue weighted by atomic mass is 10.0. The molecule has 1 N–H and O–H groups in total. The Morgan fingerprint density at radius 2 is 1.29 bits per heavy atom. The SMILES string of the molecule is [2H]C([2H])(/C=C(\C)CCC=C(C)C)C/C(C)=C/CC/C(C)=C/CO. The molecule has 0 saturated heterocycles. The van der Waals surface area contributed by atoms with Gasteiger partial charge in [0.25, 0.3) is 0 Å². The highest BCUT2D eigenvalue weighted by atomic mass is 16.2. The second-order valence-electron chi connectivity index (χ2n) is 6.01. The molecule has 0 aromatic heterocycles. The van der Waals surface area contributed by atoms with Gasteiger partial charge in [-0.1, -0.05) is 46.6 Å². The standard InChI is InChI=1S/C20H34O/c1-17(2)9-6-10-18(3)11-7-12-19(4)13-8-14-20(5)15-16-21/h9,11,13,15,21H,6-8,10,12,14,16H2,1-5H3/b18-11+,19-13+,20-15+/i7D2. The molecule has 120 valence electrons. The molecular formula is C20H34O. The third-order valence-electron chi connectivity index (χ3n) is 3.29. The van der Waals surface area contributed by atoms with Crippen LogP contribution in [0.2, 0.25) is 0 Å². The molecule has 0 saturated carbocycles. The average molecular weight is 293 g/mol. The molecule has 0 bridgehead atoms. The number of hydrogen-bond donors (Lipinski definition) is 1. The molecule has 0 aromatic rings. The summed E-state index contributed by atoms with van der Waals surface area (Å²) in [5.74, 6) is 0. The Kier molecular flexibility index (Phi) is 9.81. The molecule has 0 aromatic carbocycles. The summed E-state index contributed by atoms with van der Waals surface area (Å²) in [5.41, 5.74) is 4.68. The van der Waals surface area contributed by atoms with Crippen molar-refractivity contribution in [2.75, 3.05) is 6.61 Å². The number of hydrogen-bond acceptors (Lipinski definition) is 1. The van der Waals surface area contributed by atoms with E-state index >= 15 is 0 Å². The van der Waals surface area contributed by atoms with Crippen LogP contribution in [0, 0.1) is 0 Å². The van der Waals surface area contributed by atoms with E-state index in [2.05, 4.69) is 26.0 Å². The fraction of sp³-hybridized carbons (Fsp3) is 0.600.